The van der Waals surface area contributed by atoms with Crippen LogP contribution in [0.1, 0.15) is 50.2 Å². The zero-order chi connectivity index (χ0) is 17.9. The van der Waals surface area contributed by atoms with Gasteiger partial charge >= 0.3 is 0 Å². The largest absolute Gasteiger partial charge is 0.387 e. The van der Waals surface area contributed by atoms with Crippen LogP contribution in [-0.4, -0.2) is 48.3 Å². The van der Waals surface area contributed by atoms with E-state index in [1.807, 2.05) is 4.90 Å². The number of aryl methyl sites for hydroxylation is 1. The van der Waals surface area contributed by atoms with Crippen LogP contribution in [-0.2, 0) is 22.4 Å². The molecule has 1 heterocycles. The normalized spacial score (nSPS) is 29.6. The molecule has 1 saturated carbocycles. The lowest BCUT2D eigenvalue weighted by Crippen LogP contribution is -2.45. The van der Waals surface area contributed by atoms with Crippen molar-refractivity contribution in [1.82, 2.24) is 4.90 Å². The van der Waals surface area contributed by atoms with E-state index in [1.54, 1.807) is 7.11 Å². The van der Waals surface area contributed by atoms with Crippen LogP contribution in [0.3, 0.4) is 0 Å². The molecular weight excluding hydrogens is 314 g/mol. The van der Waals surface area contributed by atoms with Gasteiger partial charge in [-0.2, -0.15) is 0 Å². The Hall–Kier alpha value is -1.39. The molecule has 3 rings (SSSR count). The van der Waals surface area contributed by atoms with E-state index in [9.17, 15) is 9.90 Å². The molecular formula is C21H31NO3. The average molecular weight is 345 g/mol. The van der Waals surface area contributed by atoms with Crippen LogP contribution in [0.5, 0.6) is 0 Å². The van der Waals surface area contributed by atoms with Gasteiger partial charge in [-0.1, -0.05) is 31.2 Å². The predicted molar refractivity (Wildman–Crippen MR) is 98.4 cm³/mol. The van der Waals surface area contributed by atoms with Gasteiger partial charge in [-0.15, -0.1) is 0 Å². The minimum atomic E-state index is -0.741. The maximum absolute atomic E-state index is 13.0. The Morgan fingerprint density at radius 2 is 1.72 bits per heavy atom. The van der Waals surface area contributed by atoms with E-state index in [0.29, 0.717) is 25.4 Å². The van der Waals surface area contributed by atoms with Crippen molar-refractivity contribution < 1.29 is 14.6 Å². The molecule has 0 bridgehead atoms. The molecule has 4 heteroatoms. The van der Waals surface area contributed by atoms with Gasteiger partial charge in [0.05, 0.1) is 17.6 Å². The molecule has 25 heavy (non-hydrogen) atoms. The van der Waals surface area contributed by atoms with Crippen molar-refractivity contribution in [2.24, 2.45) is 5.41 Å². The zero-order valence-corrected chi connectivity index (χ0v) is 15.6. The van der Waals surface area contributed by atoms with Crippen molar-refractivity contribution in [3.63, 3.8) is 0 Å². The maximum Gasteiger partial charge on any atom is 0.228 e. The summed E-state index contributed by atoms with van der Waals surface area (Å²) in [7, 11) is 1.62. The SMILES string of the molecule is CCc1ccc(CCN2CC[C@]3(CC[C@@](O)(COC)CC3)C2=O)cc1. The Bertz CT molecular complexity index is 588. The third-order valence-electron chi connectivity index (χ3n) is 6.25. The van der Waals surface area contributed by atoms with Crippen LogP contribution >= 0.6 is 0 Å². The van der Waals surface area contributed by atoms with Gasteiger partial charge in [0.2, 0.25) is 5.91 Å². The van der Waals surface area contributed by atoms with Crippen molar-refractivity contribution in [3.05, 3.63) is 35.4 Å². The second-order valence-corrected chi connectivity index (χ2v) is 7.90. The number of benzene rings is 1. The molecule has 1 N–H and O–H groups in total. The first-order valence-corrected chi connectivity index (χ1v) is 9.59. The molecule has 1 aromatic carbocycles. The lowest BCUT2D eigenvalue weighted by molar-refractivity contribution is -0.142. The average Bonchev–Trinajstić information content (AvgIpc) is 2.93. The molecule has 2 aliphatic rings. The third kappa shape index (κ3) is 3.90. The molecule has 1 aromatic rings. The smallest absolute Gasteiger partial charge is 0.228 e. The predicted octanol–water partition coefficient (Wildman–Crippen LogP) is 2.96. The lowest BCUT2D eigenvalue weighted by atomic mass is 9.68. The maximum atomic E-state index is 13.0. The molecule has 1 aliphatic heterocycles. The third-order valence-corrected chi connectivity index (χ3v) is 6.25. The van der Waals surface area contributed by atoms with E-state index < -0.39 is 5.60 Å². The van der Waals surface area contributed by atoms with Gasteiger partial charge < -0.3 is 14.7 Å². The first kappa shape index (κ1) is 18.4. The van der Waals surface area contributed by atoms with E-state index in [2.05, 4.69) is 31.2 Å². The fourth-order valence-electron chi connectivity index (χ4n) is 4.38. The monoisotopic (exact) mass is 345 g/mol. The van der Waals surface area contributed by atoms with Crippen LogP contribution in [0.2, 0.25) is 0 Å². The number of amides is 1. The summed E-state index contributed by atoms with van der Waals surface area (Å²) in [5, 5.41) is 10.5. The summed E-state index contributed by atoms with van der Waals surface area (Å²) in [5.41, 5.74) is 1.68. The van der Waals surface area contributed by atoms with Gasteiger partial charge in [-0.3, -0.25) is 4.79 Å². The number of methoxy groups -OCH3 is 1. The molecule has 1 aliphatic carbocycles. The molecule has 138 valence electrons. The topological polar surface area (TPSA) is 49.8 Å². The quantitative estimate of drug-likeness (QED) is 0.862. The second kappa shape index (κ2) is 7.46. The molecule has 0 atom stereocenters. The van der Waals surface area contributed by atoms with Gasteiger partial charge in [0.15, 0.2) is 0 Å². The van der Waals surface area contributed by atoms with Crippen LogP contribution in [0.15, 0.2) is 24.3 Å². The molecule has 1 saturated heterocycles. The Morgan fingerprint density at radius 1 is 1.08 bits per heavy atom. The van der Waals surface area contributed by atoms with Crippen LogP contribution < -0.4 is 0 Å². The van der Waals surface area contributed by atoms with E-state index in [4.69, 9.17) is 4.74 Å². The number of nitrogens with zero attached hydrogens (tertiary/aromatic N) is 1. The van der Waals surface area contributed by atoms with E-state index >= 15 is 0 Å². The number of carbonyl (C=O) groups excluding carboxylic acids is 1. The number of aliphatic hydroxyl groups is 1. The number of hydrogen-bond acceptors (Lipinski definition) is 3. The first-order chi connectivity index (χ1) is 12.0. The Labute approximate surface area is 151 Å². The number of likely N-dealkylation sites (tertiary alicyclic amines) is 1. The van der Waals surface area contributed by atoms with Crippen molar-refractivity contribution in [2.45, 2.75) is 57.5 Å². The highest BCUT2D eigenvalue weighted by atomic mass is 16.5. The van der Waals surface area contributed by atoms with Crippen molar-refractivity contribution in [3.8, 4) is 0 Å². The van der Waals surface area contributed by atoms with Crippen LogP contribution in [0.25, 0.3) is 0 Å². The summed E-state index contributed by atoms with van der Waals surface area (Å²) in [4.78, 5) is 15.0. The minimum absolute atomic E-state index is 0.230. The number of carbonyl (C=O) groups is 1. The summed E-state index contributed by atoms with van der Waals surface area (Å²) < 4.78 is 5.14. The Kier molecular flexibility index (Phi) is 5.49. The summed E-state index contributed by atoms with van der Waals surface area (Å²) >= 11 is 0. The fraction of sp³-hybridized carbons (Fsp3) is 0.667. The number of rotatable bonds is 6. The molecule has 0 radical (unpaired) electrons. The van der Waals surface area contributed by atoms with Gasteiger partial charge in [0.1, 0.15) is 0 Å². The Balaban J connectivity index is 1.55. The summed E-state index contributed by atoms with van der Waals surface area (Å²) in [6.07, 6.45) is 5.81. The lowest BCUT2D eigenvalue weighted by Gasteiger charge is -2.40. The van der Waals surface area contributed by atoms with E-state index in [0.717, 1.165) is 45.2 Å². The summed E-state index contributed by atoms with van der Waals surface area (Å²) in [5.74, 6) is 0.303. The minimum Gasteiger partial charge on any atom is -0.387 e. The molecule has 4 nitrogen and oxygen atoms in total. The van der Waals surface area contributed by atoms with E-state index in [-0.39, 0.29) is 5.41 Å². The number of hydrogen-bond donors (Lipinski definition) is 1. The fourth-order valence-corrected chi connectivity index (χ4v) is 4.38. The highest BCUT2D eigenvalue weighted by Crippen LogP contribution is 2.47. The number of ether oxygens (including phenoxy) is 1. The van der Waals surface area contributed by atoms with Crippen LogP contribution in [0.4, 0.5) is 0 Å². The van der Waals surface area contributed by atoms with Gasteiger partial charge in [-0.25, -0.2) is 0 Å². The molecule has 1 spiro atoms. The van der Waals surface area contributed by atoms with Gasteiger partial charge in [-0.05, 0) is 56.1 Å². The molecule has 2 fully saturated rings. The Morgan fingerprint density at radius 3 is 2.32 bits per heavy atom. The second-order valence-electron chi connectivity index (χ2n) is 7.90. The van der Waals surface area contributed by atoms with Crippen molar-refractivity contribution >= 4 is 5.91 Å². The molecule has 0 aromatic heterocycles. The first-order valence-electron chi connectivity index (χ1n) is 9.59. The van der Waals surface area contributed by atoms with Gasteiger partial charge in [0.25, 0.3) is 0 Å². The molecule has 0 unspecified atom stereocenters. The summed E-state index contributed by atoms with van der Waals surface area (Å²) in [6, 6.07) is 8.72. The van der Waals surface area contributed by atoms with Crippen LogP contribution in [0, 0.1) is 5.41 Å². The van der Waals surface area contributed by atoms with E-state index in [1.165, 1.54) is 11.1 Å². The summed E-state index contributed by atoms with van der Waals surface area (Å²) in [6.45, 7) is 4.19. The van der Waals surface area contributed by atoms with Crippen molar-refractivity contribution in [1.29, 1.82) is 0 Å². The van der Waals surface area contributed by atoms with Gasteiger partial charge in [0, 0.05) is 20.2 Å². The zero-order valence-electron chi connectivity index (χ0n) is 15.6. The molecule has 1 amide bonds. The highest BCUT2D eigenvalue weighted by Gasteiger charge is 2.50. The highest BCUT2D eigenvalue weighted by molar-refractivity contribution is 5.85. The standard InChI is InChI=1S/C21H31NO3/c1-3-17-4-6-18(7-5-17)8-14-22-15-13-20(19(22)23)9-11-21(24,12-10-20)16-25-2/h4-7,24H,3,8-16H2,1-2H3/t20-,21+. The van der Waals surface area contributed by atoms with Crippen molar-refractivity contribution in [2.75, 3.05) is 26.8 Å².